The van der Waals surface area contributed by atoms with E-state index in [9.17, 15) is 4.39 Å². The maximum atomic E-state index is 14.5. The van der Waals surface area contributed by atoms with Gasteiger partial charge in [-0.3, -0.25) is 4.90 Å². The lowest BCUT2D eigenvalue weighted by molar-refractivity contribution is 0.0116. The van der Waals surface area contributed by atoms with E-state index < -0.39 is 0 Å². The highest BCUT2D eigenvalue weighted by molar-refractivity contribution is 5.64. The molecule has 1 N–H and O–H groups in total. The van der Waals surface area contributed by atoms with Gasteiger partial charge in [-0.25, -0.2) is 4.39 Å². The number of hydrogen-bond donors (Lipinski definition) is 1. The second-order valence-electron chi connectivity index (χ2n) is 7.37. The molecule has 3 unspecified atom stereocenters. The van der Waals surface area contributed by atoms with Crippen LogP contribution in [0.4, 0.5) is 10.1 Å². The van der Waals surface area contributed by atoms with Crippen molar-refractivity contribution in [3.63, 3.8) is 0 Å². The highest BCUT2D eigenvalue weighted by Crippen LogP contribution is 2.51. The number of rotatable bonds is 2. The first-order chi connectivity index (χ1) is 12.3. The topological polar surface area (TPSA) is 24.5 Å². The Bertz CT molecular complexity index is 787. The Morgan fingerprint density at radius 3 is 2.72 bits per heavy atom. The molecule has 2 aliphatic heterocycles. The van der Waals surface area contributed by atoms with Gasteiger partial charge >= 0.3 is 0 Å². The second-order valence-corrected chi connectivity index (χ2v) is 7.37. The van der Waals surface area contributed by atoms with Gasteiger partial charge in [-0.05, 0) is 36.1 Å². The van der Waals surface area contributed by atoms with E-state index in [-0.39, 0.29) is 11.9 Å². The summed E-state index contributed by atoms with van der Waals surface area (Å²) >= 11 is 0. The van der Waals surface area contributed by atoms with Gasteiger partial charge < -0.3 is 10.1 Å². The zero-order chi connectivity index (χ0) is 16.8. The molecule has 1 aliphatic carbocycles. The molecular formula is C21H23FN2O. The fourth-order valence-electron chi connectivity index (χ4n) is 4.92. The van der Waals surface area contributed by atoms with Crippen LogP contribution in [0.2, 0.25) is 0 Å². The molecule has 2 aromatic rings. The monoisotopic (exact) mass is 338 g/mol. The average Bonchev–Trinajstić information content (AvgIpc) is 3.03. The molecule has 0 amide bonds. The summed E-state index contributed by atoms with van der Waals surface area (Å²) in [5.41, 5.74) is 4.82. The number of benzene rings is 2. The minimum absolute atomic E-state index is 0.0289. The van der Waals surface area contributed by atoms with Gasteiger partial charge in [-0.2, -0.15) is 0 Å². The predicted octanol–water partition coefficient (Wildman–Crippen LogP) is 3.72. The third-order valence-corrected chi connectivity index (χ3v) is 6.06. The van der Waals surface area contributed by atoms with Gasteiger partial charge in [0.15, 0.2) is 0 Å². The van der Waals surface area contributed by atoms with Gasteiger partial charge in [0.2, 0.25) is 0 Å². The van der Waals surface area contributed by atoms with Crippen LogP contribution in [-0.4, -0.2) is 37.2 Å². The first kappa shape index (κ1) is 15.4. The molecule has 130 valence electrons. The van der Waals surface area contributed by atoms with Crippen molar-refractivity contribution in [1.29, 1.82) is 0 Å². The number of ether oxygens (including phenoxy) is 1. The van der Waals surface area contributed by atoms with Crippen LogP contribution < -0.4 is 5.32 Å². The largest absolute Gasteiger partial charge is 0.379 e. The zero-order valence-electron chi connectivity index (χ0n) is 14.2. The lowest BCUT2D eigenvalue weighted by Gasteiger charge is -2.40. The molecule has 0 saturated carbocycles. The number of morpholine rings is 1. The van der Waals surface area contributed by atoms with Gasteiger partial charge in [0.05, 0.1) is 19.3 Å². The van der Waals surface area contributed by atoms with E-state index >= 15 is 0 Å². The molecule has 1 saturated heterocycles. The van der Waals surface area contributed by atoms with Crippen LogP contribution in [0, 0.1) is 5.82 Å². The van der Waals surface area contributed by atoms with Crippen molar-refractivity contribution < 1.29 is 9.13 Å². The number of nitrogens with one attached hydrogen (secondary N) is 1. The van der Waals surface area contributed by atoms with Crippen LogP contribution >= 0.6 is 0 Å². The Balaban J connectivity index is 1.52. The van der Waals surface area contributed by atoms with Gasteiger partial charge in [0, 0.05) is 36.3 Å². The fraction of sp³-hybridized carbons (Fsp3) is 0.429. The Morgan fingerprint density at radius 2 is 1.88 bits per heavy atom. The third-order valence-electron chi connectivity index (χ3n) is 6.06. The molecule has 5 rings (SSSR count). The lowest BCUT2D eigenvalue weighted by atomic mass is 9.76. The summed E-state index contributed by atoms with van der Waals surface area (Å²) in [6, 6.07) is 14.3. The van der Waals surface area contributed by atoms with E-state index in [1.807, 2.05) is 12.1 Å². The second kappa shape index (κ2) is 6.11. The molecular weight excluding hydrogens is 315 g/mol. The molecule has 3 aliphatic rings. The summed E-state index contributed by atoms with van der Waals surface area (Å²) in [5, 5.41) is 3.61. The van der Waals surface area contributed by atoms with Crippen molar-refractivity contribution in [2.45, 2.75) is 30.8 Å². The Kier molecular flexibility index (Phi) is 3.75. The molecule has 0 aromatic heterocycles. The van der Waals surface area contributed by atoms with Crippen molar-refractivity contribution in [3.8, 4) is 0 Å². The molecule has 1 fully saturated rings. The summed E-state index contributed by atoms with van der Waals surface area (Å²) in [6.45, 7) is 3.65. The lowest BCUT2D eigenvalue weighted by Crippen LogP contribution is -2.46. The predicted molar refractivity (Wildman–Crippen MR) is 96.4 cm³/mol. The molecule has 4 heteroatoms. The molecule has 2 heterocycles. The van der Waals surface area contributed by atoms with Crippen molar-refractivity contribution in [2.24, 2.45) is 0 Å². The van der Waals surface area contributed by atoms with Crippen molar-refractivity contribution >= 4 is 5.69 Å². The Morgan fingerprint density at radius 1 is 1.04 bits per heavy atom. The van der Waals surface area contributed by atoms with Crippen LogP contribution in [0.5, 0.6) is 0 Å². The molecule has 2 aromatic carbocycles. The molecule has 0 spiro atoms. The number of anilines is 1. The summed E-state index contributed by atoms with van der Waals surface area (Å²) in [6.07, 6.45) is 2.17. The quantitative estimate of drug-likeness (QED) is 0.903. The summed E-state index contributed by atoms with van der Waals surface area (Å²) in [5.74, 6) is 0.229. The molecule has 0 radical (unpaired) electrons. The van der Waals surface area contributed by atoms with Crippen molar-refractivity contribution in [3.05, 3.63) is 65.0 Å². The van der Waals surface area contributed by atoms with E-state index in [0.717, 1.165) is 44.7 Å². The smallest absolute Gasteiger partial charge is 0.128 e. The summed E-state index contributed by atoms with van der Waals surface area (Å²) < 4.78 is 20.0. The fourth-order valence-corrected chi connectivity index (χ4v) is 4.92. The number of nitrogens with zero attached hydrogens (tertiary/aromatic N) is 1. The molecule has 25 heavy (non-hydrogen) atoms. The maximum Gasteiger partial charge on any atom is 0.128 e. The highest BCUT2D eigenvalue weighted by atomic mass is 19.1. The van der Waals surface area contributed by atoms with E-state index in [2.05, 4.69) is 28.4 Å². The van der Waals surface area contributed by atoms with Gasteiger partial charge in [0.1, 0.15) is 5.82 Å². The SMILES string of the molecule is Fc1ccccc1C1Nc2cccc3c2C1CC(N1CCOCC1)C3. The van der Waals surface area contributed by atoms with Crippen molar-refractivity contribution in [2.75, 3.05) is 31.6 Å². The van der Waals surface area contributed by atoms with Crippen LogP contribution in [-0.2, 0) is 11.2 Å². The number of hydrogen-bond acceptors (Lipinski definition) is 3. The Hall–Kier alpha value is -1.91. The van der Waals surface area contributed by atoms with Gasteiger partial charge in [0.25, 0.3) is 0 Å². The van der Waals surface area contributed by atoms with Crippen LogP contribution in [0.15, 0.2) is 42.5 Å². The number of halogens is 1. The summed E-state index contributed by atoms with van der Waals surface area (Å²) in [7, 11) is 0. The molecule has 3 atom stereocenters. The Labute approximate surface area is 147 Å². The van der Waals surface area contributed by atoms with Gasteiger partial charge in [-0.15, -0.1) is 0 Å². The van der Waals surface area contributed by atoms with E-state index in [1.54, 1.807) is 12.1 Å². The van der Waals surface area contributed by atoms with Crippen molar-refractivity contribution in [1.82, 2.24) is 4.90 Å². The van der Waals surface area contributed by atoms with Gasteiger partial charge in [-0.1, -0.05) is 30.3 Å². The zero-order valence-corrected chi connectivity index (χ0v) is 14.2. The maximum absolute atomic E-state index is 14.5. The van der Waals surface area contributed by atoms with E-state index in [4.69, 9.17) is 4.74 Å². The average molecular weight is 338 g/mol. The molecule has 0 bridgehead atoms. The highest BCUT2D eigenvalue weighted by Gasteiger charge is 2.41. The molecule has 3 nitrogen and oxygen atoms in total. The standard InChI is InChI=1S/C21H23FN2O/c22-18-6-2-1-5-16(18)21-17-13-15(24-8-10-25-11-9-24)12-14-4-3-7-19(23-21)20(14)17/h1-7,15,17,21,23H,8-13H2. The van der Waals surface area contributed by atoms with E-state index in [1.165, 1.54) is 16.8 Å². The summed E-state index contributed by atoms with van der Waals surface area (Å²) in [4.78, 5) is 2.57. The van der Waals surface area contributed by atoms with Crippen LogP contribution in [0.3, 0.4) is 0 Å². The first-order valence-electron chi connectivity index (χ1n) is 9.26. The first-order valence-corrected chi connectivity index (χ1v) is 9.26. The normalized spacial score (nSPS) is 28.4. The van der Waals surface area contributed by atoms with Crippen LogP contribution in [0.25, 0.3) is 0 Å². The third kappa shape index (κ3) is 2.55. The van der Waals surface area contributed by atoms with E-state index in [0.29, 0.717) is 12.0 Å². The van der Waals surface area contributed by atoms with Crippen LogP contribution in [0.1, 0.15) is 35.1 Å². The minimum Gasteiger partial charge on any atom is -0.379 e. The minimum atomic E-state index is -0.108.